The maximum Gasteiger partial charge on any atom is 0.356 e. The maximum absolute atomic E-state index is 10.7. The van der Waals surface area contributed by atoms with Crippen molar-refractivity contribution in [3.8, 4) is 0 Å². The van der Waals surface area contributed by atoms with Gasteiger partial charge in [0, 0.05) is 19.2 Å². The molecule has 0 saturated carbocycles. The van der Waals surface area contributed by atoms with E-state index in [2.05, 4.69) is 5.10 Å². The highest BCUT2D eigenvalue weighted by atomic mass is 16.4. The van der Waals surface area contributed by atoms with Gasteiger partial charge >= 0.3 is 5.97 Å². The molecule has 2 aromatic rings. The van der Waals surface area contributed by atoms with Crippen molar-refractivity contribution in [3.63, 3.8) is 0 Å². The minimum absolute atomic E-state index is 0.0911. The SMILES string of the molecule is Cn1nc(C(=O)O)cc1Cc1ccccc1. The molecule has 1 aromatic carbocycles. The number of rotatable bonds is 3. The highest BCUT2D eigenvalue weighted by Gasteiger charge is 2.10. The van der Waals surface area contributed by atoms with Crippen molar-refractivity contribution in [2.45, 2.75) is 6.42 Å². The number of aryl methyl sites for hydroxylation is 1. The number of carboxylic acids is 1. The largest absolute Gasteiger partial charge is 0.476 e. The van der Waals surface area contributed by atoms with Gasteiger partial charge in [0.25, 0.3) is 0 Å². The van der Waals surface area contributed by atoms with Crippen LogP contribution in [0.4, 0.5) is 0 Å². The number of aromatic carboxylic acids is 1. The van der Waals surface area contributed by atoms with Crippen LogP contribution < -0.4 is 0 Å². The van der Waals surface area contributed by atoms with Crippen LogP contribution in [0.1, 0.15) is 21.7 Å². The summed E-state index contributed by atoms with van der Waals surface area (Å²) in [6, 6.07) is 11.5. The average Bonchev–Trinajstić information content (AvgIpc) is 2.62. The van der Waals surface area contributed by atoms with Crippen molar-refractivity contribution in [1.29, 1.82) is 0 Å². The predicted molar refractivity (Wildman–Crippen MR) is 59.4 cm³/mol. The first-order chi connectivity index (χ1) is 7.66. The van der Waals surface area contributed by atoms with Gasteiger partial charge in [-0.3, -0.25) is 4.68 Å². The van der Waals surface area contributed by atoms with E-state index in [9.17, 15) is 4.79 Å². The number of hydrogen-bond donors (Lipinski definition) is 1. The minimum Gasteiger partial charge on any atom is -0.476 e. The van der Waals surface area contributed by atoms with Crippen molar-refractivity contribution in [2.24, 2.45) is 7.05 Å². The molecule has 0 spiro atoms. The first-order valence-corrected chi connectivity index (χ1v) is 4.97. The van der Waals surface area contributed by atoms with Crippen LogP contribution in [0.2, 0.25) is 0 Å². The van der Waals surface area contributed by atoms with Gasteiger partial charge in [-0.25, -0.2) is 4.79 Å². The monoisotopic (exact) mass is 216 g/mol. The third kappa shape index (κ3) is 2.11. The molecule has 16 heavy (non-hydrogen) atoms. The summed E-state index contributed by atoms with van der Waals surface area (Å²) in [5, 5.41) is 12.7. The molecule has 82 valence electrons. The molecular formula is C12H12N2O2. The van der Waals surface area contributed by atoms with E-state index in [1.54, 1.807) is 17.8 Å². The molecule has 0 saturated heterocycles. The van der Waals surface area contributed by atoms with Gasteiger partial charge in [-0.2, -0.15) is 5.10 Å². The van der Waals surface area contributed by atoms with Gasteiger partial charge in [0.2, 0.25) is 0 Å². The van der Waals surface area contributed by atoms with Gasteiger partial charge in [0.1, 0.15) is 0 Å². The molecule has 2 rings (SSSR count). The average molecular weight is 216 g/mol. The molecule has 4 heteroatoms. The molecule has 1 aromatic heterocycles. The number of carboxylic acid groups (broad SMARTS) is 1. The summed E-state index contributed by atoms with van der Waals surface area (Å²) >= 11 is 0. The fourth-order valence-electron chi connectivity index (χ4n) is 1.58. The Morgan fingerprint density at radius 2 is 2.06 bits per heavy atom. The van der Waals surface area contributed by atoms with E-state index in [1.165, 1.54) is 0 Å². The summed E-state index contributed by atoms with van der Waals surface area (Å²) in [5.41, 5.74) is 2.12. The van der Waals surface area contributed by atoms with Gasteiger partial charge in [0.05, 0.1) is 0 Å². The molecular weight excluding hydrogens is 204 g/mol. The Morgan fingerprint density at radius 1 is 1.38 bits per heavy atom. The molecule has 1 heterocycles. The maximum atomic E-state index is 10.7. The lowest BCUT2D eigenvalue weighted by molar-refractivity contribution is 0.0689. The van der Waals surface area contributed by atoms with E-state index in [1.807, 2.05) is 30.3 Å². The molecule has 4 nitrogen and oxygen atoms in total. The van der Waals surface area contributed by atoms with Crippen LogP contribution in [0.3, 0.4) is 0 Å². The third-order valence-electron chi connectivity index (χ3n) is 2.42. The number of aromatic nitrogens is 2. The topological polar surface area (TPSA) is 55.1 Å². The van der Waals surface area contributed by atoms with Crippen molar-refractivity contribution < 1.29 is 9.90 Å². The lowest BCUT2D eigenvalue weighted by Crippen LogP contribution is -2.00. The van der Waals surface area contributed by atoms with Gasteiger partial charge in [-0.15, -0.1) is 0 Å². The van der Waals surface area contributed by atoms with Crippen LogP contribution in [-0.2, 0) is 13.5 Å². The second-order valence-corrected chi connectivity index (χ2v) is 3.61. The second kappa shape index (κ2) is 4.18. The van der Waals surface area contributed by atoms with Crippen molar-refractivity contribution in [1.82, 2.24) is 9.78 Å². The van der Waals surface area contributed by atoms with Crippen LogP contribution in [0.5, 0.6) is 0 Å². The molecule has 0 bridgehead atoms. The minimum atomic E-state index is -0.991. The second-order valence-electron chi connectivity index (χ2n) is 3.61. The number of benzene rings is 1. The van der Waals surface area contributed by atoms with Gasteiger partial charge < -0.3 is 5.11 Å². The summed E-state index contributed by atoms with van der Waals surface area (Å²) in [6.45, 7) is 0. The van der Waals surface area contributed by atoms with E-state index in [0.717, 1.165) is 11.3 Å². The zero-order valence-corrected chi connectivity index (χ0v) is 8.92. The lowest BCUT2D eigenvalue weighted by atomic mass is 10.1. The van der Waals surface area contributed by atoms with Crippen LogP contribution >= 0.6 is 0 Å². The quantitative estimate of drug-likeness (QED) is 0.849. The number of nitrogens with zero attached hydrogens (tertiary/aromatic N) is 2. The number of hydrogen-bond acceptors (Lipinski definition) is 2. The van der Waals surface area contributed by atoms with Gasteiger partial charge in [0.15, 0.2) is 5.69 Å². The summed E-state index contributed by atoms with van der Waals surface area (Å²) in [5.74, 6) is -0.991. The van der Waals surface area contributed by atoms with Gasteiger partial charge in [-0.05, 0) is 11.6 Å². The Balaban J connectivity index is 2.25. The molecule has 0 aliphatic rings. The lowest BCUT2D eigenvalue weighted by Gasteiger charge is -2.00. The molecule has 0 atom stereocenters. The molecule has 1 N–H and O–H groups in total. The summed E-state index contributed by atoms with van der Waals surface area (Å²) in [6.07, 6.45) is 0.692. The Bertz CT molecular complexity index is 503. The standard InChI is InChI=1S/C12H12N2O2/c1-14-10(8-11(13-14)12(15)16)7-9-5-3-2-4-6-9/h2-6,8H,7H2,1H3,(H,15,16). The molecule has 0 amide bonds. The molecule has 0 radical (unpaired) electrons. The highest BCUT2D eigenvalue weighted by molar-refractivity contribution is 5.85. The van der Waals surface area contributed by atoms with Gasteiger partial charge in [-0.1, -0.05) is 30.3 Å². The number of carbonyl (C=O) groups is 1. The fraction of sp³-hybridized carbons (Fsp3) is 0.167. The van der Waals surface area contributed by atoms with Crippen LogP contribution in [0.15, 0.2) is 36.4 Å². The Labute approximate surface area is 93.1 Å². The zero-order chi connectivity index (χ0) is 11.5. The van der Waals surface area contributed by atoms with E-state index in [0.29, 0.717) is 6.42 Å². The van der Waals surface area contributed by atoms with Crippen molar-refractivity contribution in [2.75, 3.05) is 0 Å². The third-order valence-corrected chi connectivity index (χ3v) is 2.42. The van der Waals surface area contributed by atoms with Crippen LogP contribution in [0.25, 0.3) is 0 Å². The first-order valence-electron chi connectivity index (χ1n) is 4.97. The van der Waals surface area contributed by atoms with E-state index < -0.39 is 5.97 Å². The molecule has 0 aliphatic carbocycles. The Kier molecular flexibility index (Phi) is 2.72. The first kappa shape index (κ1) is 10.4. The molecule has 0 fully saturated rings. The Hall–Kier alpha value is -2.10. The zero-order valence-electron chi connectivity index (χ0n) is 8.92. The fourth-order valence-corrected chi connectivity index (χ4v) is 1.58. The van der Waals surface area contributed by atoms with E-state index in [4.69, 9.17) is 5.11 Å². The van der Waals surface area contributed by atoms with Crippen molar-refractivity contribution in [3.05, 3.63) is 53.3 Å². The normalized spacial score (nSPS) is 10.3. The van der Waals surface area contributed by atoms with Crippen molar-refractivity contribution >= 4 is 5.97 Å². The molecule has 0 unspecified atom stereocenters. The summed E-state index contributed by atoms with van der Waals surface area (Å²) in [7, 11) is 1.75. The molecule has 0 aliphatic heterocycles. The van der Waals surface area contributed by atoms with E-state index in [-0.39, 0.29) is 5.69 Å². The highest BCUT2D eigenvalue weighted by Crippen LogP contribution is 2.10. The summed E-state index contributed by atoms with van der Waals surface area (Å²) < 4.78 is 1.61. The van der Waals surface area contributed by atoms with E-state index >= 15 is 0 Å². The predicted octanol–water partition coefficient (Wildman–Crippen LogP) is 1.71. The van der Waals surface area contributed by atoms with Crippen LogP contribution in [0, 0.1) is 0 Å². The van der Waals surface area contributed by atoms with Crippen LogP contribution in [-0.4, -0.2) is 20.9 Å². The smallest absolute Gasteiger partial charge is 0.356 e. The Morgan fingerprint density at radius 3 is 2.62 bits per heavy atom. The summed E-state index contributed by atoms with van der Waals surface area (Å²) in [4.78, 5) is 10.7.